The van der Waals surface area contributed by atoms with Crippen LogP contribution in [0.2, 0.25) is 0 Å². The van der Waals surface area contributed by atoms with Crippen molar-refractivity contribution in [3.8, 4) is 5.88 Å². The SMILES string of the molecule is COc1c(CNCC(=O)OC(C)(C)C)c(C)nn1C. The smallest absolute Gasteiger partial charge is 0.320 e. The van der Waals surface area contributed by atoms with Crippen molar-refractivity contribution >= 4 is 5.97 Å². The lowest BCUT2D eigenvalue weighted by atomic mass is 10.2. The zero-order chi connectivity index (χ0) is 14.6. The van der Waals surface area contributed by atoms with E-state index < -0.39 is 5.60 Å². The van der Waals surface area contributed by atoms with Crippen LogP contribution in [-0.4, -0.2) is 35.0 Å². The number of carbonyl (C=O) groups excluding carboxylic acids is 1. The number of nitrogens with zero attached hydrogens (tertiary/aromatic N) is 2. The molecule has 6 nitrogen and oxygen atoms in total. The minimum Gasteiger partial charge on any atom is -0.481 e. The van der Waals surface area contributed by atoms with Crippen LogP contribution in [0.3, 0.4) is 0 Å². The number of rotatable bonds is 5. The van der Waals surface area contributed by atoms with Gasteiger partial charge in [0.25, 0.3) is 0 Å². The van der Waals surface area contributed by atoms with Gasteiger partial charge in [-0.05, 0) is 27.7 Å². The number of aryl methyl sites for hydroxylation is 2. The third-order valence-electron chi connectivity index (χ3n) is 2.47. The third-order valence-corrected chi connectivity index (χ3v) is 2.47. The molecule has 1 heterocycles. The van der Waals surface area contributed by atoms with Crippen molar-refractivity contribution in [2.75, 3.05) is 13.7 Å². The summed E-state index contributed by atoms with van der Waals surface area (Å²) in [5, 5.41) is 7.32. The molecule has 1 N–H and O–H groups in total. The molecule has 0 saturated heterocycles. The molecular weight excluding hydrogens is 246 g/mol. The van der Waals surface area contributed by atoms with Gasteiger partial charge in [-0.25, -0.2) is 4.68 Å². The summed E-state index contributed by atoms with van der Waals surface area (Å²) >= 11 is 0. The maximum Gasteiger partial charge on any atom is 0.320 e. The van der Waals surface area contributed by atoms with Crippen LogP contribution in [0, 0.1) is 6.92 Å². The molecule has 0 aliphatic heterocycles. The molecule has 1 aromatic heterocycles. The monoisotopic (exact) mass is 269 g/mol. The van der Waals surface area contributed by atoms with Crippen molar-refractivity contribution in [1.82, 2.24) is 15.1 Å². The third kappa shape index (κ3) is 4.55. The van der Waals surface area contributed by atoms with Crippen LogP contribution >= 0.6 is 0 Å². The molecule has 19 heavy (non-hydrogen) atoms. The Morgan fingerprint density at radius 2 is 2.05 bits per heavy atom. The standard InChI is InChI=1S/C13H23N3O3/c1-9-10(12(18-6)16(5)15-9)7-14-8-11(17)19-13(2,3)4/h14H,7-8H2,1-6H3. The summed E-state index contributed by atoms with van der Waals surface area (Å²) in [5.41, 5.74) is 1.38. The van der Waals surface area contributed by atoms with Gasteiger partial charge in [0.15, 0.2) is 0 Å². The van der Waals surface area contributed by atoms with Crippen molar-refractivity contribution < 1.29 is 14.3 Å². The maximum atomic E-state index is 11.6. The molecule has 0 aliphatic rings. The first kappa shape index (κ1) is 15.5. The number of hydrogen-bond donors (Lipinski definition) is 1. The fourth-order valence-electron chi connectivity index (χ4n) is 1.81. The summed E-state index contributed by atoms with van der Waals surface area (Å²) < 4.78 is 12.2. The fourth-order valence-corrected chi connectivity index (χ4v) is 1.81. The number of methoxy groups -OCH3 is 1. The molecule has 0 saturated carbocycles. The van der Waals surface area contributed by atoms with Crippen LogP contribution in [0.1, 0.15) is 32.0 Å². The van der Waals surface area contributed by atoms with Gasteiger partial charge in [-0.15, -0.1) is 0 Å². The molecule has 108 valence electrons. The van der Waals surface area contributed by atoms with E-state index in [0.717, 1.165) is 11.3 Å². The van der Waals surface area contributed by atoms with Gasteiger partial charge < -0.3 is 14.8 Å². The number of esters is 1. The van der Waals surface area contributed by atoms with E-state index in [0.29, 0.717) is 12.4 Å². The summed E-state index contributed by atoms with van der Waals surface area (Å²) in [6.45, 7) is 8.13. The van der Waals surface area contributed by atoms with Crippen LogP contribution in [0.5, 0.6) is 5.88 Å². The van der Waals surface area contributed by atoms with Gasteiger partial charge in [0.2, 0.25) is 5.88 Å². The number of ether oxygens (including phenoxy) is 2. The highest BCUT2D eigenvalue weighted by Gasteiger charge is 2.17. The second-order valence-electron chi connectivity index (χ2n) is 5.39. The topological polar surface area (TPSA) is 65.4 Å². The molecular formula is C13H23N3O3. The quantitative estimate of drug-likeness (QED) is 0.813. The Morgan fingerprint density at radius 3 is 2.58 bits per heavy atom. The Morgan fingerprint density at radius 1 is 1.42 bits per heavy atom. The minimum absolute atomic E-state index is 0.161. The average Bonchev–Trinajstić information content (AvgIpc) is 2.50. The van der Waals surface area contributed by atoms with Gasteiger partial charge in [0.05, 0.1) is 24.9 Å². The molecule has 0 unspecified atom stereocenters. The van der Waals surface area contributed by atoms with Gasteiger partial charge >= 0.3 is 5.97 Å². The Bertz CT molecular complexity index is 447. The molecule has 0 radical (unpaired) electrons. The van der Waals surface area contributed by atoms with E-state index >= 15 is 0 Å². The average molecular weight is 269 g/mol. The van der Waals surface area contributed by atoms with E-state index in [4.69, 9.17) is 9.47 Å². The number of aromatic nitrogens is 2. The zero-order valence-corrected chi connectivity index (χ0v) is 12.5. The Labute approximate surface area is 114 Å². The van der Waals surface area contributed by atoms with Gasteiger partial charge in [0, 0.05) is 13.6 Å². The fraction of sp³-hybridized carbons (Fsp3) is 0.692. The summed E-state index contributed by atoms with van der Waals surface area (Å²) in [7, 11) is 3.43. The lowest BCUT2D eigenvalue weighted by Gasteiger charge is -2.19. The van der Waals surface area contributed by atoms with Crippen molar-refractivity contribution in [1.29, 1.82) is 0 Å². The molecule has 0 fully saturated rings. The number of hydrogen-bond acceptors (Lipinski definition) is 5. The van der Waals surface area contributed by atoms with Crippen LogP contribution in [0.25, 0.3) is 0 Å². The zero-order valence-electron chi connectivity index (χ0n) is 12.5. The lowest BCUT2D eigenvalue weighted by molar-refractivity contribution is -0.153. The molecule has 6 heteroatoms. The molecule has 1 aromatic rings. The summed E-state index contributed by atoms with van der Waals surface area (Å²) in [5.74, 6) is 0.433. The van der Waals surface area contributed by atoms with Gasteiger partial charge in [-0.3, -0.25) is 4.79 Å². The highest BCUT2D eigenvalue weighted by atomic mass is 16.6. The van der Waals surface area contributed by atoms with Gasteiger partial charge in [-0.2, -0.15) is 5.10 Å². The molecule has 0 spiro atoms. The van der Waals surface area contributed by atoms with Crippen LogP contribution < -0.4 is 10.1 Å². The molecule has 0 aliphatic carbocycles. The van der Waals surface area contributed by atoms with Crippen LogP contribution in [-0.2, 0) is 23.1 Å². The van der Waals surface area contributed by atoms with E-state index in [-0.39, 0.29) is 12.5 Å². The first-order valence-electron chi connectivity index (χ1n) is 6.23. The van der Waals surface area contributed by atoms with Gasteiger partial charge in [-0.1, -0.05) is 0 Å². The molecule has 0 amide bonds. The normalized spacial score (nSPS) is 11.5. The minimum atomic E-state index is -0.458. The predicted octanol–water partition coefficient (Wildman–Crippen LogP) is 1.17. The lowest BCUT2D eigenvalue weighted by Crippen LogP contribution is -2.31. The maximum absolute atomic E-state index is 11.6. The van der Waals surface area contributed by atoms with Crippen LogP contribution in [0.4, 0.5) is 0 Å². The molecule has 0 aromatic carbocycles. The van der Waals surface area contributed by atoms with E-state index in [1.165, 1.54) is 0 Å². The van der Waals surface area contributed by atoms with Crippen molar-refractivity contribution in [2.24, 2.45) is 7.05 Å². The van der Waals surface area contributed by atoms with E-state index in [2.05, 4.69) is 10.4 Å². The summed E-state index contributed by atoms with van der Waals surface area (Å²) in [4.78, 5) is 11.6. The first-order valence-corrected chi connectivity index (χ1v) is 6.23. The van der Waals surface area contributed by atoms with Crippen molar-refractivity contribution in [2.45, 2.75) is 39.8 Å². The Balaban J connectivity index is 2.52. The Hall–Kier alpha value is -1.56. The highest BCUT2D eigenvalue weighted by Crippen LogP contribution is 2.20. The first-order chi connectivity index (χ1) is 8.74. The number of nitrogens with one attached hydrogen (secondary N) is 1. The summed E-state index contributed by atoms with van der Waals surface area (Å²) in [6.07, 6.45) is 0. The predicted molar refractivity (Wildman–Crippen MR) is 72.0 cm³/mol. The molecule has 0 atom stereocenters. The molecule has 0 bridgehead atoms. The highest BCUT2D eigenvalue weighted by molar-refractivity contribution is 5.72. The second-order valence-corrected chi connectivity index (χ2v) is 5.39. The van der Waals surface area contributed by atoms with E-state index in [9.17, 15) is 4.79 Å². The largest absolute Gasteiger partial charge is 0.481 e. The Kier molecular flexibility index (Phi) is 4.94. The summed E-state index contributed by atoms with van der Waals surface area (Å²) in [6, 6.07) is 0. The van der Waals surface area contributed by atoms with E-state index in [1.54, 1.807) is 11.8 Å². The second kappa shape index (κ2) is 6.06. The van der Waals surface area contributed by atoms with E-state index in [1.807, 2.05) is 34.7 Å². The van der Waals surface area contributed by atoms with Gasteiger partial charge in [0.1, 0.15) is 5.60 Å². The van der Waals surface area contributed by atoms with Crippen molar-refractivity contribution in [3.05, 3.63) is 11.3 Å². The number of carbonyl (C=O) groups is 1. The molecule has 1 rings (SSSR count). The van der Waals surface area contributed by atoms with Crippen molar-refractivity contribution in [3.63, 3.8) is 0 Å². The van der Waals surface area contributed by atoms with Crippen LogP contribution in [0.15, 0.2) is 0 Å².